The number of ether oxygens (including phenoxy) is 2. The molecule has 0 bridgehead atoms. The minimum Gasteiger partial charge on any atom is -0.467 e. The Morgan fingerprint density at radius 1 is 1.05 bits per heavy atom. The van der Waals surface area contributed by atoms with E-state index in [2.05, 4.69) is 25.3 Å². The standard InChI is InChI=1S/C14H17N3O4/c1-20-13(18)11-5-3-9(16-11)8(7-15)10-4-6-12(17-10)14(19)21-2/h11-12,15H,3-6H2,1-2H3. The third-order valence-electron chi connectivity index (χ3n) is 3.58. The molecule has 0 saturated carbocycles. The number of rotatable bonds is 4. The van der Waals surface area contributed by atoms with Crippen LogP contribution in [0.2, 0.25) is 0 Å². The van der Waals surface area contributed by atoms with Crippen LogP contribution in [0.4, 0.5) is 0 Å². The zero-order chi connectivity index (χ0) is 15.4. The van der Waals surface area contributed by atoms with Crippen LogP contribution >= 0.6 is 0 Å². The van der Waals surface area contributed by atoms with Crippen molar-refractivity contribution in [3.05, 3.63) is 5.57 Å². The van der Waals surface area contributed by atoms with Crippen molar-refractivity contribution in [1.29, 1.82) is 5.41 Å². The third-order valence-corrected chi connectivity index (χ3v) is 3.58. The van der Waals surface area contributed by atoms with Crippen molar-refractivity contribution in [2.45, 2.75) is 37.8 Å². The summed E-state index contributed by atoms with van der Waals surface area (Å²) in [7, 11) is 2.65. The average Bonchev–Trinajstić information content (AvgIpc) is 3.16. The number of aliphatic imine (C=N–C) groups is 2. The Morgan fingerprint density at radius 3 is 1.81 bits per heavy atom. The Balaban J connectivity index is 2.17. The van der Waals surface area contributed by atoms with Crippen molar-refractivity contribution in [3.8, 4) is 0 Å². The number of hydrogen-bond donors (Lipinski definition) is 1. The second-order valence-corrected chi connectivity index (χ2v) is 4.81. The van der Waals surface area contributed by atoms with Crippen molar-refractivity contribution < 1.29 is 19.1 Å². The van der Waals surface area contributed by atoms with Crippen LogP contribution in [-0.4, -0.2) is 55.5 Å². The molecule has 0 saturated heterocycles. The van der Waals surface area contributed by atoms with Gasteiger partial charge in [0.25, 0.3) is 0 Å². The quantitative estimate of drug-likeness (QED) is 0.609. The van der Waals surface area contributed by atoms with E-state index in [1.807, 2.05) is 0 Å². The van der Waals surface area contributed by atoms with Gasteiger partial charge in [-0.1, -0.05) is 0 Å². The third kappa shape index (κ3) is 3.08. The molecule has 2 rings (SSSR count). The van der Waals surface area contributed by atoms with E-state index >= 15 is 0 Å². The molecule has 2 aliphatic heterocycles. The summed E-state index contributed by atoms with van der Waals surface area (Å²) in [6.07, 6.45) is 2.26. The number of allylic oxidation sites excluding steroid dienone is 1. The molecule has 2 aliphatic rings. The van der Waals surface area contributed by atoms with Gasteiger partial charge in [0.05, 0.1) is 31.2 Å². The number of carbonyl (C=O) groups excluding carboxylic acids is 2. The first kappa shape index (κ1) is 15.1. The summed E-state index contributed by atoms with van der Waals surface area (Å²) in [6, 6.07) is -1.04. The molecule has 1 N–H and O–H groups in total. The van der Waals surface area contributed by atoms with E-state index in [0.717, 1.165) is 0 Å². The smallest absolute Gasteiger partial charge is 0.330 e. The molecule has 112 valence electrons. The van der Waals surface area contributed by atoms with Crippen LogP contribution in [0.15, 0.2) is 15.6 Å². The van der Waals surface area contributed by atoms with Crippen LogP contribution in [0.1, 0.15) is 25.7 Å². The van der Waals surface area contributed by atoms with Crippen LogP contribution in [-0.2, 0) is 19.1 Å². The lowest BCUT2D eigenvalue weighted by Gasteiger charge is -2.03. The molecule has 2 unspecified atom stereocenters. The Hall–Kier alpha value is -2.27. The zero-order valence-electron chi connectivity index (χ0n) is 12.0. The van der Waals surface area contributed by atoms with E-state index in [-0.39, 0.29) is 11.9 Å². The van der Waals surface area contributed by atoms with Crippen LogP contribution in [0, 0.1) is 5.41 Å². The van der Waals surface area contributed by atoms with Gasteiger partial charge in [-0.2, -0.15) is 0 Å². The van der Waals surface area contributed by atoms with E-state index < -0.39 is 12.1 Å². The van der Waals surface area contributed by atoms with Crippen molar-refractivity contribution >= 4 is 29.2 Å². The van der Waals surface area contributed by atoms with Crippen LogP contribution < -0.4 is 0 Å². The molecule has 7 heteroatoms. The van der Waals surface area contributed by atoms with Crippen molar-refractivity contribution in [2.75, 3.05) is 14.2 Å². The Morgan fingerprint density at radius 2 is 1.48 bits per heavy atom. The van der Waals surface area contributed by atoms with E-state index in [1.54, 1.807) is 0 Å². The van der Waals surface area contributed by atoms with Gasteiger partial charge in [0.2, 0.25) is 0 Å². The molecular formula is C14H17N3O4. The zero-order valence-corrected chi connectivity index (χ0v) is 12.0. The first-order valence-electron chi connectivity index (χ1n) is 6.70. The van der Waals surface area contributed by atoms with E-state index in [9.17, 15) is 9.59 Å². The molecule has 0 fully saturated rings. The maximum absolute atomic E-state index is 11.5. The normalized spacial score (nSPS) is 23.9. The number of methoxy groups -OCH3 is 2. The Kier molecular flexibility index (Phi) is 4.65. The lowest BCUT2D eigenvalue weighted by Crippen LogP contribution is -2.17. The highest BCUT2D eigenvalue weighted by Gasteiger charge is 2.32. The molecule has 7 nitrogen and oxygen atoms in total. The number of nitrogens with one attached hydrogen (secondary N) is 1. The summed E-state index contributed by atoms with van der Waals surface area (Å²) in [5.41, 5.74) is 1.74. The molecule has 0 radical (unpaired) electrons. The summed E-state index contributed by atoms with van der Waals surface area (Å²) in [4.78, 5) is 31.5. The number of nitrogens with zero attached hydrogens (tertiary/aromatic N) is 2. The molecule has 2 atom stereocenters. The van der Waals surface area contributed by atoms with Crippen molar-refractivity contribution in [1.82, 2.24) is 0 Å². The maximum Gasteiger partial charge on any atom is 0.330 e. The molecule has 0 spiro atoms. The SMILES string of the molecule is COC(=O)C1CCC(C(=C=N)C2=NC(C(=O)OC)CC2)=N1. The summed E-state index contributed by atoms with van der Waals surface area (Å²) in [5, 5.41) is 7.44. The largest absolute Gasteiger partial charge is 0.467 e. The van der Waals surface area contributed by atoms with E-state index in [4.69, 9.17) is 5.41 Å². The molecule has 0 aromatic heterocycles. The highest BCUT2D eigenvalue weighted by molar-refractivity contribution is 6.30. The molecule has 0 aromatic rings. The van der Waals surface area contributed by atoms with Crippen LogP contribution in [0.5, 0.6) is 0 Å². The van der Waals surface area contributed by atoms with E-state index in [1.165, 1.54) is 14.2 Å². The molecule has 2 heterocycles. The highest BCUT2D eigenvalue weighted by Crippen LogP contribution is 2.24. The summed E-state index contributed by atoms with van der Waals surface area (Å²) >= 11 is 0. The Bertz CT molecular complexity index is 529. The first-order chi connectivity index (χ1) is 10.1. The fourth-order valence-corrected chi connectivity index (χ4v) is 2.48. The van der Waals surface area contributed by atoms with Gasteiger partial charge < -0.3 is 9.47 Å². The van der Waals surface area contributed by atoms with Crippen molar-refractivity contribution in [2.24, 2.45) is 9.98 Å². The molecule has 0 aromatic carbocycles. The second kappa shape index (κ2) is 6.45. The fraction of sp³-hybridized carbons (Fsp3) is 0.571. The minimum atomic E-state index is -0.522. The van der Waals surface area contributed by atoms with Gasteiger partial charge >= 0.3 is 11.9 Å². The van der Waals surface area contributed by atoms with Gasteiger partial charge in [0, 0.05) is 0 Å². The molecule has 21 heavy (non-hydrogen) atoms. The van der Waals surface area contributed by atoms with Gasteiger partial charge in [-0.25, -0.2) is 9.59 Å². The van der Waals surface area contributed by atoms with Gasteiger partial charge in [-0.05, 0) is 31.6 Å². The minimum absolute atomic E-state index is 0.380. The molecule has 0 amide bonds. The van der Waals surface area contributed by atoms with Gasteiger partial charge in [0.1, 0.15) is 12.1 Å². The first-order valence-corrected chi connectivity index (χ1v) is 6.70. The number of carbonyl (C=O) groups is 2. The topological polar surface area (TPSA) is 101 Å². The second-order valence-electron chi connectivity index (χ2n) is 4.81. The Labute approximate surface area is 122 Å². The predicted molar refractivity (Wildman–Crippen MR) is 76.2 cm³/mol. The van der Waals surface area contributed by atoms with E-state index in [0.29, 0.717) is 42.7 Å². The lowest BCUT2D eigenvalue weighted by atomic mass is 10.0. The van der Waals surface area contributed by atoms with Crippen LogP contribution in [0.25, 0.3) is 0 Å². The molecular weight excluding hydrogens is 274 g/mol. The van der Waals surface area contributed by atoms with Gasteiger partial charge in [0.15, 0.2) is 0 Å². The summed E-state index contributed by atoms with van der Waals surface area (Å²) in [5.74, 6) is 1.58. The summed E-state index contributed by atoms with van der Waals surface area (Å²) < 4.78 is 9.34. The lowest BCUT2D eigenvalue weighted by molar-refractivity contribution is -0.142. The molecule has 0 aliphatic carbocycles. The number of hydrogen-bond acceptors (Lipinski definition) is 7. The predicted octanol–water partition coefficient (Wildman–Crippen LogP) is 0.714. The van der Waals surface area contributed by atoms with Gasteiger partial charge in [-0.3, -0.25) is 15.4 Å². The number of esters is 2. The maximum atomic E-state index is 11.5. The fourth-order valence-electron chi connectivity index (χ4n) is 2.48. The average molecular weight is 291 g/mol. The summed E-state index contributed by atoms with van der Waals surface area (Å²) in [6.45, 7) is 0. The van der Waals surface area contributed by atoms with Crippen molar-refractivity contribution in [3.63, 3.8) is 0 Å². The van der Waals surface area contributed by atoms with Crippen LogP contribution in [0.3, 0.4) is 0 Å². The highest BCUT2D eigenvalue weighted by atomic mass is 16.5. The monoisotopic (exact) mass is 291 g/mol. The van der Waals surface area contributed by atoms with Gasteiger partial charge in [-0.15, -0.1) is 0 Å².